The van der Waals surface area contributed by atoms with E-state index in [1.807, 2.05) is 17.5 Å². The van der Waals surface area contributed by atoms with Gasteiger partial charge in [0.15, 0.2) is 0 Å². The second kappa shape index (κ2) is 3.46. The molecule has 13 heavy (non-hydrogen) atoms. The molecule has 0 saturated heterocycles. The van der Waals surface area contributed by atoms with E-state index in [-0.39, 0.29) is 0 Å². The average molecular weight is 304 g/mol. The lowest BCUT2D eigenvalue weighted by Gasteiger charge is -2.04. The zero-order valence-electron chi connectivity index (χ0n) is 7.17. The van der Waals surface area contributed by atoms with Crippen LogP contribution < -0.4 is 0 Å². The molecular weight excluding hydrogens is 295 g/mol. The topological polar surface area (TPSA) is 20.2 Å². The van der Waals surface area contributed by atoms with Gasteiger partial charge in [0.05, 0.1) is 0 Å². The largest absolute Gasteiger partial charge is 0.507 e. The Kier molecular flexibility index (Phi) is 2.47. The van der Waals surface area contributed by atoms with Crippen molar-refractivity contribution < 1.29 is 5.11 Å². The first-order chi connectivity index (χ1) is 6.24. The molecule has 0 bridgehead atoms. The monoisotopic (exact) mass is 304 g/mol. The van der Waals surface area contributed by atoms with Crippen LogP contribution in [-0.2, 0) is 6.42 Å². The van der Waals surface area contributed by atoms with Crippen molar-refractivity contribution in [1.29, 1.82) is 0 Å². The van der Waals surface area contributed by atoms with Crippen molar-refractivity contribution in [2.75, 3.05) is 0 Å². The molecule has 68 valence electrons. The van der Waals surface area contributed by atoms with Crippen LogP contribution >= 0.6 is 33.9 Å². The summed E-state index contributed by atoms with van der Waals surface area (Å²) in [6, 6.07) is 3.82. The zero-order valence-corrected chi connectivity index (χ0v) is 10.1. The van der Waals surface area contributed by atoms with Gasteiger partial charge >= 0.3 is 0 Å². The van der Waals surface area contributed by atoms with Gasteiger partial charge in [0.1, 0.15) is 5.75 Å². The van der Waals surface area contributed by atoms with Crippen LogP contribution in [0.1, 0.15) is 12.5 Å². The Hall–Kier alpha value is -0.290. The van der Waals surface area contributed by atoms with Crippen LogP contribution in [0.15, 0.2) is 17.5 Å². The van der Waals surface area contributed by atoms with Gasteiger partial charge in [0.2, 0.25) is 0 Å². The van der Waals surface area contributed by atoms with Gasteiger partial charge in [-0.05, 0) is 52.1 Å². The zero-order chi connectivity index (χ0) is 9.42. The Morgan fingerprint density at radius 3 is 3.00 bits per heavy atom. The Bertz CT molecular complexity index is 447. The molecule has 1 nitrogen and oxygen atoms in total. The standard InChI is InChI=1S/C10H9IOS/c1-2-6-8(11)5-9(12)7-3-4-13-10(6)7/h3-5,12H,2H2,1H3. The van der Waals surface area contributed by atoms with Gasteiger partial charge < -0.3 is 5.11 Å². The molecule has 0 amide bonds. The smallest absolute Gasteiger partial charge is 0.125 e. The van der Waals surface area contributed by atoms with Crippen molar-refractivity contribution in [2.45, 2.75) is 13.3 Å². The fraction of sp³-hybridized carbons (Fsp3) is 0.200. The molecule has 2 rings (SSSR count). The minimum absolute atomic E-state index is 0.401. The molecule has 0 aliphatic carbocycles. The van der Waals surface area contributed by atoms with E-state index < -0.39 is 0 Å². The maximum Gasteiger partial charge on any atom is 0.125 e. The second-order valence-electron chi connectivity index (χ2n) is 2.87. The molecule has 3 heteroatoms. The van der Waals surface area contributed by atoms with E-state index in [0.29, 0.717) is 5.75 Å². The van der Waals surface area contributed by atoms with Crippen molar-refractivity contribution in [3.63, 3.8) is 0 Å². The molecule has 0 radical (unpaired) electrons. The average Bonchev–Trinajstić information content (AvgIpc) is 2.53. The highest BCUT2D eigenvalue weighted by Gasteiger charge is 2.09. The predicted molar refractivity (Wildman–Crippen MR) is 65.6 cm³/mol. The number of hydrogen-bond acceptors (Lipinski definition) is 2. The molecular formula is C10H9IOS. The maximum atomic E-state index is 9.66. The summed E-state index contributed by atoms with van der Waals surface area (Å²) in [6.07, 6.45) is 1.02. The molecule has 1 heterocycles. The summed E-state index contributed by atoms with van der Waals surface area (Å²) >= 11 is 3.98. The number of halogens is 1. The van der Waals surface area contributed by atoms with E-state index in [4.69, 9.17) is 0 Å². The van der Waals surface area contributed by atoms with Crippen molar-refractivity contribution in [2.24, 2.45) is 0 Å². The number of fused-ring (bicyclic) bond motifs is 1. The van der Waals surface area contributed by atoms with E-state index in [1.54, 1.807) is 11.3 Å². The van der Waals surface area contributed by atoms with Crippen LogP contribution in [0, 0.1) is 3.57 Å². The first-order valence-electron chi connectivity index (χ1n) is 4.11. The summed E-state index contributed by atoms with van der Waals surface area (Å²) in [6.45, 7) is 2.15. The molecule has 0 atom stereocenters. The normalized spacial score (nSPS) is 10.9. The fourth-order valence-electron chi connectivity index (χ4n) is 1.47. The van der Waals surface area contributed by atoms with Crippen LogP contribution in [0.25, 0.3) is 10.1 Å². The lowest BCUT2D eigenvalue weighted by atomic mass is 10.1. The Balaban J connectivity index is 2.88. The van der Waals surface area contributed by atoms with Gasteiger partial charge in [-0.3, -0.25) is 0 Å². The lowest BCUT2D eigenvalue weighted by Crippen LogP contribution is -1.85. The van der Waals surface area contributed by atoms with Gasteiger partial charge in [-0.25, -0.2) is 0 Å². The second-order valence-corrected chi connectivity index (χ2v) is 4.95. The number of thiophene rings is 1. The van der Waals surface area contributed by atoms with Crippen LogP contribution in [0.3, 0.4) is 0 Å². The Morgan fingerprint density at radius 1 is 1.54 bits per heavy atom. The van der Waals surface area contributed by atoms with E-state index >= 15 is 0 Å². The van der Waals surface area contributed by atoms with E-state index in [2.05, 4.69) is 29.5 Å². The number of benzene rings is 1. The first kappa shape index (κ1) is 9.27. The van der Waals surface area contributed by atoms with Gasteiger partial charge in [0, 0.05) is 13.7 Å². The van der Waals surface area contributed by atoms with Crippen molar-refractivity contribution in [3.8, 4) is 5.75 Å². The van der Waals surface area contributed by atoms with Crippen molar-refractivity contribution in [1.82, 2.24) is 0 Å². The number of phenols is 1. The third kappa shape index (κ3) is 1.44. The molecule has 1 aromatic carbocycles. The molecule has 1 aromatic heterocycles. The molecule has 2 aromatic rings. The maximum absolute atomic E-state index is 9.66. The lowest BCUT2D eigenvalue weighted by molar-refractivity contribution is 0.481. The van der Waals surface area contributed by atoms with Gasteiger partial charge in [-0.15, -0.1) is 11.3 Å². The van der Waals surface area contributed by atoms with E-state index in [0.717, 1.165) is 15.4 Å². The molecule has 0 aliphatic heterocycles. The minimum atomic E-state index is 0.401. The summed E-state index contributed by atoms with van der Waals surface area (Å²) in [5.74, 6) is 0.401. The fourth-order valence-corrected chi connectivity index (χ4v) is 3.63. The third-order valence-electron chi connectivity index (χ3n) is 2.12. The molecule has 1 N–H and O–H groups in total. The highest BCUT2D eigenvalue weighted by Crippen LogP contribution is 2.35. The quantitative estimate of drug-likeness (QED) is 0.795. The minimum Gasteiger partial charge on any atom is -0.507 e. The van der Waals surface area contributed by atoms with Crippen molar-refractivity contribution >= 4 is 44.0 Å². The number of phenolic OH excluding ortho intramolecular Hbond substituents is 1. The summed E-state index contributed by atoms with van der Waals surface area (Å²) in [5.41, 5.74) is 1.35. The van der Waals surface area contributed by atoms with Crippen LogP contribution in [0.5, 0.6) is 5.75 Å². The number of aryl methyl sites for hydroxylation is 1. The van der Waals surface area contributed by atoms with Gasteiger partial charge in [-0.1, -0.05) is 6.92 Å². The Labute approximate surface area is 94.5 Å². The summed E-state index contributed by atoms with van der Waals surface area (Å²) in [5, 5.41) is 12.7. The molecule has 0 spiro atoms. The molecule has 0 saturated carbocycles. The predicted octanol–water partition coefficient (Wildman–Crippen LogP) is 3.77. The van der Waals surface area contributed by atoms with Gasteiger partial charge in [0.25, 0.3) is 0 Å². The summed E-state index contributed by atoms with van der Waals surface area (Å²) in [7, 11) is 0. The molecule has 0 aliphatic rings. The highest BCUT2D eigenvalue weighted by atomic mass is 127. The van der Waals surface area contributed by atoms with Crippen LogP contribution in [0.4, 0.5) is 0 Å². The molecule has 0 fully saturated rings. The van der Waals surface area contributed by atoms with E-state index in [1.165, 1.54) is 10.3 Å². The van der Waals surface area contributed by atoms with Crippen LogP contribution in [-0.4, -0.2) is 5.11 Å². The third-order valence-corrected chi connectivity index (χ3v) is 4.06. The highest BCUT2D eigenvalue weighted by molar-refractivity contribution is 14.1. The van der Waals surface area contributed by atoms with E-state index in [9.17, 15) is 5.11 Å². The molecule has 0 unspecified atom stereocenters. The Morgan fingerprint density at radius 2 is 2.31 bits per heavy atom. The summed E-state index contributed by atoms with van der Waals surface area (Å²) < 4.78 is 2.39. The van der Waals surface area contributed by atoms with Crippen LogP contribution in [0.2, 0.25) is 0 Å². The number of aromatic hydroxyl groups is 1. The number of hydrogen-bond donors (Lipinski definition) is 1. The SMILES string of the molecule is CCc1c(I)cc(O)c2ccsc12. The first-order valence-corrected chi connectivity index (χ1v) is 6.07. The van der Waals surface area contributed by atoms with Crippen molar-refractivity contribution in [3.05, 3.63) is 26.6 Å². The van der Waals surface area contributed by atoms with Gasteiger partial charge in [-0.2, -0.15) is 0 Å². The summed E-state index contributed by atoms with van der Waals surface area (Å²) in [4.78, 5) is 0. The number of rotatable bonds is 1.